The van der Waals surface area contributed by atoms with Gasteiger partial charge in [0, 0.05) is 19.3 Å². The molecule has 9 heteroatoms. The van der Waals surface area contributed by atoms with Gasteiger partial charge in [0.05, 0.1) is 0 Å². The predicted molar refractivity (Wildman–Crippen MR) is 112 cm³/mol. The minimum atomic E-state index is -1.57. The molecule has 2 rings (SSSR count). The summed E-state index contributed by atoms with van der Waals surface area (Å²) in [6.07, 6.45) is -0.362. The van der Waals surface area contributed by atoms with Crippen LogP contribution in [0.25, 0.3) is 11.1 Å². The lowest BCUT2D eigenvalue weighted by Gasteiger charge is -2.19. The fourth-order valence-electron chi connectivity index (χ4n) is 2.37. The first kappa shape index (κ1) is 23.0. The average molecular weight is 417 g/mol. The lowest BCUT2D eigenvalue weighted by Crippen LogP contribution is -2.35. The maximum Gasteiger partial charge on any atom is 0.407 e. The lowest BCUT2D eigenvalue weighted by molar-refractivity contribution is -0.148. The molecule has 4 N–H and O–H groups in total. The predicted octanol–water partition coefficient (Wildman–Crippen LogP) is 2.51. The first-order chi connectivity index (χ1) is 14.1. The molecule has 30 heavy (non-hydrogen) atoms. The summed E-state index contributed by atoms with van der Waals surface area (Å²) < 4.78 is 10.4. The normalized spacial score (nSPS) is 12.0. The summed E-state index contributed by atoms with van der Waals surface area (Å²) in [5.41, 5.74) is 1.30. The topological polar surface area (TPSA) is 130 Å². The molecule has 0 radical (unpaired) electrons. The first-order valence-corrected chi connectivity index (χ1v) is 9.45. The van der Waals surface area contributed by atoms with Crippen molar-refractivity contribution in [2.24, 2.45) is 0 Å². The van der Waals surface area contributed by atoms with Crippen molar-refractivity contribution in [3.63, 3.8) is 0 Å². The Morgan fingerprint density at radius 2 is 1.80 bits per heavy atom. The van der Waals surface area contributed by atoms with Gasteiger partial charge in [0.15, 0.2) is 6.10 Å². The number of alkyl carbamates (subject to hydrolysis) is 1. The number of amides is 1. The van der Waals surface area contributed by atoms with Gasteiger partial charge in [0.25, 0.3) is 0 Å². The molecular formula is C21H27N3O6. The van der Waals surface area contributed by atoms with Crippen molar-refractivity contribution in [3.8, 4) is 16.9 Å². The fourth-order valence-corrected chi connectivity index (χ4v) is 2.37. The van der Waals surface area contributed by atoms with Gasteiger partial charge in [-0.15, -0.1) is 0 Å². The van der Waals surface area contributed by atoms with Crippen LogP contribution in [0.3, 0.4) is 0 Å². The van der Waals surface area contributed by atoms with E-state index in [0.29, 0.717) is 24.7 Å². The zero-order valence-corrected chi connectivity index (χ0v) is 17.2. The molecule has 0 saturated carbocycles. The number of aromatic nitrogens is 1. The van der Waals surface area contributed by atoms with E-state index in [0.717, 1.165) is 11.1 Å². The fraction of sp³-hybridized carbons (Fsp3) is 0.381. The van der Waals surface area contributed by atoms with Crippen LogP contribution in [0.4, 0.5) is 10.6 Å². The van der Waals surface area contributed by atoms with Gasteiger partial charge in [0.1, 0.15) is 23.8 Å². The molecule has 0 fully saturated rings. The molecule has 1 aromatic heterocycles. The van der Waals surface area contributed by atoms with Crippen molar-refractivity contribution in [2.75, 3.05) is 25.0 Å². The molecule has 162 valence electrons. The number of carbonyl (C=O) groups excluding carboxylic acids is 1. The van der Waals surface area contributed by atoms with Gasteiger partial charge in [-0.05, 0) is 56.2 Å². The number of carbonyl (C=O) groups is 2. The third-order valence-electron chi connectivity index (χ3n) is 3.74. The molecule has 0 aliphatic heterocycles. The zero-order valence-electron chi connectivity index (χ0n) is 17.2. The second-order valence-electron chi connectivity index (χ2n) is 7.47. The Bertz CT molecular complexity index is 849. The summed E-state index contributed by atoms with van der Waals surface area (Å²) in [5.74, 6) is -0.215. The van der Waals surface area contributed by atoms with Crippen molar-refractivity contribution in [3.05, 3.63) is 42.6 Å². The van der Waals surface area contributed by atoms with E-state index in [-0.39, 0.29) is 6.61 Å². The van der Waals surface area contributed by atoms with Crippen molar-refractivity contribution in [1.29, 1.82) is 0 Å². The second kappa shape index (κ2) is 10.4. The third-order valence-corrected chi connectivity index (χ3v) is 3.74. The zero-order chi connectivity index (χ0) is 22.1. The lowest BCUT2D eigenvalue weighted by atomic mass is 10.1. The number of ether oxygens (including phenoxy) is 2. The average Bonchev–Trinajstić information content (AvgIpc) is 2.68. The largest absolute Gasteiger partial charge is 0.490 e. The molecular weight excluding hydrogens is 390 g/mol. The Labute approximate surface area is 175 Å². The molecule has 0 bridgehead atoms. The molecule has 0 spiro atoms. The van der Waals surface area contributed by atoms with Crippen LogP contribution < -0.4 is 15.4 Å². The van der Waals surface area contributed by atoms with E-state index in [1.54, 1.807) is 39.1 Å². The number of nitrogens with zero attached hydrogens (tertiary/aromatic N) is 1. The first-order valence-electron chi connectivity index (χ1n) is 9.45. The molecule has 1 heterocycles. The van der Waals surface area contributed by atoms with Gasteiger partial charge in [-0.1, -0.05) is 12.1 Å². The highest BCUT2D eigenvalue weighted by Gasteiger charge is 2.15. The van der Waals surface area contributed by atoms with Crippen LogP contribution in [0, 0.1) is 0 Å². The monoisotopic (exact) mass is 417 g/mol. The molecule has 1 aromatic carbocycles. The summed E-state index contributed by atoms with van der Waals surface area (Å²) in [7, 11) is 0. The van der Waals surface area contributed by atoms with Crippen LogP contribution in [-0.2, 0) is 9.53 Å². The van der Waals surface area contributed by atoms with E-state index < -0.39 is 23.8 Å². The highest BCUT2D eigenvalue weighted by molar-refractivity contribution is 5.72. The number of carboxylic acid groups (broad SMARTS) is 1. The van der Waals surface area contributed by atoms with Crippen LogP contribution in [0.5, 0.6) is 5.75 Å². The molecule has 1 amide bonds. The minimum Gasteiger partial charge on any atom is -0.490 e. The van der Waals surface area contributed by atoms with E-state index in [1.165, 1.54) is 0 Å². The Balaban J connectivity index is 1.86. The van der Waals surface area contributed by atoms with Crippen LogP contribution in [-0.4, -0.2) is 58.7 Å². The van der Waals surface area contributed by atoms with Gasteiger partial charge in [-0.3, -0.25) is 0 Å². The molecule has 1 atom stereocenters. The highest BCUT2D eigenvalue weighted by Crippen LogP contribution is 2.24. The summed E-state index contributed by atoms with van der Waals surface area (Å²) in [4.78, 5) is 26.5. The number of anilines is 1. The third kappa shape index (κ3) is 7.96. The van der Waals surface area contributed by atoms with E-state index >= 15 is 0 Å². The van der Waals surface area contributed by atoms with E-state index in [1.807, 2.05) is 24.3 Å². The van der Waals surface area contributed by atoms with Crippen LogP contribution >= 0.6 is 0 Å². The Hall–Kier alpha value is -3.33. The number of hydrogen-bond donors (Lipinski definition) is 4. The van der Waals surface area contributed by atoms with Gasteiger partial charge < -0.3 is 30.3 Å². The molecule has 2 aromatic rings. The number of aliphatic carboxylic acids is 1. The Morgan fingerprint density at radius 1 is 1.10 bits per heavy atom. The molecule has 0 unspecified atom stereocenters. The van der Waals surface area contributed by atoms with Crippen LogP contribution in [0.2, 0.25) is 0 Å². The molecule has 0 aliphatic rings. The van der Waals surface area contributed by atoms with Gasteiger partial charge in [-0.25, -0.2) is 14.6 Å². The number of carboxylic acids is 1. The Morgan fingerprint density at radius 3 is 2.43 bits per heavy atom. The summed E-state index contributed by atoms with van der Waals surface area (Å²) in [5, 5.41) is 23.7. The van der Waals surface area contributed by atoms with E-state index in [9.17, 15) is 14.7 Å². The maximum absolute atomic E-state index is 11.6. The summed E-state index contributed by atoms with van der Waals surface area (Å²) in [6, 6.07) is 10.8. The molecule has 0 aliphatic carbocycles. The van der Waals surface area contributed by atoms with Crippen molar-refractivity contribution >= 4 is 17.9 Å². The summed E-state index contributed by atoms with van der Waals surface area (Å²) >= 11 is 0. The number of hydrogen-bond acceptors (Lipinski definition) is 7. The number of pyridine rings is 1. The van der Waals surface area contributed by atoms with Crippen LogP contribution in [0.15, 0.2) is 42.6 Å². The smallest absolute Gasteiger partial charge is 0.407 e. The standard InChI is InChI=1S/C21H27N3O6/c1-21(2,3)30-20(28)24-11-10-23-18-12-15(8-9-22-18)14-4-6-16(7-5-14)29-13-17(25)19(26)27/h4-9,12,17,25H,10-11,13H2,1-3H3,(H,22,23)(H,24,28)(H,26,27)/t17-/m1/s1. The van der Waals surface area contributed by atoms with Gasteiger partial charge in [0.2, 0.25) is 0 Å². The maximum atomic E-state index is 11.6. The molecule has 9 nitrogen and oxygen atoms in total. The number of aliphatic hydroxyl groups excluding tert-OH is 1. The van der Waals surface area contributed by atoms with Gasteiger partial charge >= 0.3 is 12.1 Å². The SMILES string of the molecule is CC(C)(C)OC(=O)NCCNc1cc(-c2ccc(OC[C@@H](O)C(=O)O)cc2)ccn1. The number of aliphatic hydroxyl groups is 1. The summed E-state index contributed by atoms with van der Waals surface area (Å²) in [6.45, 7) is 5.95. The van der Waals surface area contributed by atoms with Crippen molar-refractivity contribution < 1.29 is 29.3 Å². The van der Waals surface area contributed by atoms with Crippen molar-refractivity contribution in [1.82, 2.24) is 10.3 Å². The van der Waals surface area contributed by atoms with E-state index in [4.69, 9.17) is 14.6 Å². The Kier molecular flexibility index (Phi) is 7.99. The quantitative estimate of drug-likeness (QED) is 0.458. The molecule has 0 saturated heterocycles. The van der Waals surface area contributed by atoms with E-state index in [2.05, 4.69) is 15.6 Å². The van der Waals surface area contributed by atoms with Gasteiger partial charge in [-0.2, -0.15) is 0 Å². The van der Waals surface area contributed by atoms with Crippen LogP contribution in [0.1, 0.15) is 20.8 Å². The number of rotatable bonds is 9. The van der Waals surface area contributed by atoms with Crippen molar-refractivity contribution in [2.45, 2.75) is 32.5 Å². The highest BCUT2D eigenvalue weighted by atomic mass is 16.6. The second-order valence-corrected chi connectivity index (χ2v) is 7.47. The number of nitrogens with one attached hydrogen (secondary N) is 2. The minimum absolute atomic E-state index is 0.324. The number of benzene rings is 1.